The van der Waals surface area contributed by atoms with Gasteiger partial charge in [-0.05, 0) is 55.7 Å². The maximum atomic E-state index is 13.7. The summed E-state index contributed by atoms with van der Waals surface area (Å²) in [6, 6.07) is 18.1. The van der Waals surface area contributed by atoms with Crippen molar-refractivity contribution in [2.24, 2.45) is 0 Å². The van der Waals surface area contributed by atoms with Gasteiger partial charge in [0.1, 0.15) is 12.4 Å². The van der Waals surface area contributed by atoms with Crippen LogP contribution >= 0.6 is 0 Å². The van der Waals surface area contributed by atoms with E-state index in [9.17, 15) is 14.0 Å². The summed E-state index contributed by atoms with van der Waals surface area (Å²) < 4.78 is 15.9. The topological polar surface area (TPSA) is 45.6 Å². The molecular formula is C29H36FN3O2. The van der Waals surface area contributed by atoms with Crippen LogP contribution in [0.3, 0.4) is 0 Å². The Labute approximate surface area is 208 Å². The van der Waals surface area contributed by atoms with Gasteiger partial charge in [0.25, 0.3) is 5.91 Å². The molecule has 0 saturated heterocycles. The first-order chi connectivity index (χ1) is 16.9. The molecule has 0 fully saturated rings. The predicted octanol–water partition coefficient (Wildman–Crippen LogP) is 5.67. The van der Waals surface area contributed by atoms with Crippen molar-refractivity contribution in [2.45, 2.75) is 53.1 Å². The van der Waals surface area contributed by atoms with Crippen molar-refractivity contribution in [1.82, 2.24) is 14.4 Å². The van der Waals surface area contributed by atoms with Gasteiger partial charge in [0, 0.05) is 37.1 Å². The van der Waals surface area contributed by atoms with Gasteiger partial charge < -0.3 is 14.4 Å². The highest BCUT2D eigenvalue weighted by Gasteiger charge is 2.23. The molecule has 35 heavy (non-hydrogen) atoms. The van der Waals surface area contributed by atoms with Crippen LogP contribution in [0.2, 0.25) is 0 Å². The number of benzene rings is 2. The van der Waals surface area contributed by atoms with Crippen molar-refractivity contribution in [1.29, 1.82) is 0 Å². The quantitative estimate of drug-likeness (QED) is 0.338. The highest BCUT2D eigenvalue weighted by Crippen LogP contribution is 2.14. The average Bonchev–Trinajstić information content (AvgIpc) is 3.27. The van der Waals surface area contributed by atoms with E-state index in [-0.39, 0.29) is 23.9 Å². The molecule has 0 aliphatic heterocycles. The van der Waals surface area contributed by atoms with Crippen molar-refractivity contribution in [3.63, 3.8) is 0 Å². The molecule has 0 aliphatic carbocycles. The van der Waals surface area contributed by atoms with Gasteiger partial charge in [0.15, 0.2) is 0 Å². The highest BCUT2D eigenvalue weighted by molar-refractivity contribution is 5.96. The molecule has 0 atom stereocenters. The van der Waals surface area contributed by atoms with Crippen LogP contribution in [-0.4, -0.2) is 45.8 Å². The SMILES string of the molecule is CCCCN(Cc1cccn1Cc1cccc(C)c1)C(=O)CN(CCC)C(=O)c1cccc(F)c1. The number of unbranched alkanes of at least 4 members (excludes halogenated alkanes) is 1. The second-order valence-corrected chi connectivity index (χ2v) is 9.02. The molecule has 0 radical (unpaired) electrons. The number of rotatable bonds is 12. The second-order valence-electron chi connectivity index (χ2n) is 9.02. The van der Waals surface area contributed by atoms with Crippen LogP contribution in [0.15, 0.2) is 66.9 Å². The summed E-state index contributed by atoms with van der Waals surface area (Å²) in [6.45, 7) is 8.39. The Bertz CT molecular complexity index is 1120. The molecule has 6 heteroatoms. The fraction of sp³-hybridized carbons (Fsp3) is 0.379. The molecule has 1 heterocycles. The van der Waals surface area contributed by atoms with Crippen LogP contribution in [-0.2, 0) is 17.9 Å². The average molecular weight is 478 g/mol. The minimum absolute atomic E-state index is 0.0223. The first-order valence-corrected chi connectivity index (χ1v) is 12.4. The third-order valence-corrected chi connectivity index (χ3v) is 6.02. The van der Waals surface area contributed by atoms with Gasteiger partial charge in [-0.1, -0.05) is 56.2 Å². The standard InChI is InChI=1S/C29H36FN3O2/c1-4-6-16-32(21-27-14-9-17-31(27)20-24-11-7-10-23(3)18-24)28(34)22-33(15-5-2)29(35)25-12-8-13-26(30)19-25/h7-14,17-19H,4-6,15-16,20-22H2,1-3H3. The summed E-state index contributed by atoms with van der Waals surface area (Å²) in [6.07, 6.45) is 4.60. The van der Waals surface area contributed by atoms with E-state index in [0.29, 0.717) is 26.1 Å². The van der Waals surface area contributed by atoms with Gasteiger partial charge in [-0.2, -0.15) is 0 Å². The first-order valence-electron chi connectivity index (χ1n) is 12.4. The van der Waals surface area contributed by atoms with Crippen LogP contribution in [0.5, 0.6) is 0 Å². The van der Waals surface area contributed by atoms with Crippen LogP contribution in [0.4, 0.5) is 4.39 Å². The minimum atomic E-state index is -0.461. The van der Waals surface area contributed by atoms with Crippen LogP contribution < -0.4 is 0 Å². The highest BCUT2D eigenvalue weighted by atomic mass is 19.1. The van der Waals surface area contributed by atoms with Crippen molar-refractivity contribution in [3.8, 4) is 0 Å². The fourth-order valence-electron chi connectivity index (χ4n) is 4.18. The number of hydrogen-bond acceptors (Lipinski definition) is 2. The molecular weight excluding hydrogens is 441 g/mol. The zero-order chi connectivity index (χ0) is 25.2. The number of carbonyl (C=O) groups is 2. The Morgan fingerprint density at radius 2 is 1.71 bits per heavy atom. The zero-order valence-corrected chi connectivity index (χ0v) is 21.0. The number of halogens is 1. The second kappa shape index (κ2) is 12.9. The van der Waals surface area contributed by atoms with Gasteiger partial charge in [-0.25, -0.2) is 4.39 Å². The van der Waals surface area contributed by atoms with Crippen molar-refractivity contribution in [3.05, 3.63) is 95.1 Å². The zero-order valence-electron chi connectivity index (χ0n) is 21.0. The summed E-state index contributed by atoms with van der Waals surface area (Å²) in [5.41, 5.74) is 3.74. The lowest BCUT2D eigenvalue weighted by Crippen LogP contribution is -2.43. The largest absolute Gasteiger partial charge is 0.345 e. The van der Waals surface area contributed by atoms with E-state index in [2.05, 4.69) is 42.7 Å². The molecule has 2 amide bonds. The van der Waals surface area contributed by atoms with Gasteiger partial charge in [0.05, 0.1) is 6.54 Å². The molecule has 3 rings (SSSR count). The van der Waals surface area contributed by atoms with E-state index in [0.717, 1.165) is 25.1 Å². The molecule has 186 valence electrons. The molecule has 0 unspecified atom stereocenters. The van der Waals surface area contributed by atoms with E-state index in [4.69, 9.17) is 0 Å². The third kappa shape index (κ3) is 7.54. The maximum Gasteiger partial charge on any atom is 0.254 e. The smallest absolute Gasteiger partial charge is 0.254 e. The van der Waals surface area contributed by atoms with Crippen LogP contribution in [0, 0.1) is 12.7 Å². The Balaban J connectivity index is 1.75. The Morgan fingerprint density at radius 3 is 2.43 bits per heavy atom. The van der Waals surface area contributed by atoms with E-state index >= 15 is 0 Å². The summed E-state index contributed by atoms with van der Waals surface area (Å²) >= 11 is 0. The van der Waals surface area contributed by atoms with Gasteiger partial charge in [0.2, 0.25) is 5.91 Å². The van der Waals surface area contributed by atoms with E-state index < -0.39 is 5.82 Å². The maximum absolute atomic E-state index is 13.7. The number of carbonyl (C=O) groups excluding carboxylic acids is 2. The van der Waals surface area contributed by atoms with Gasteiger partial charge in [-0.15, -0.1) is 0 Å². The Kier molecular flexibility index (Phi) is 9.65. The van der Waals surface area contributed by atoms with Gasteiger partial charge >= 0.3 is 0 Å². The van der Waals surface area contributed by atoms with Crippen LogP contribution in [0.25, 0.3) is 0 Å². The third-order valence-electron chi connectivity index (χ3n) is 6.02. The summed E-state index contributed by atoms with van der Waals surface area (Å²) in [5, 5.41) is 0. The Morgan fingerprint density at radius 1 is 0.914 bits per heavy atom. The van der Waals surface area contributed by atoms with Crippen molar-refractivity contribution < 1.29 is 14.0 Å². The monoisotopic (exact) mass is 477 g/mol. The minimum Gasteiger partial charge on any atom is -0.345 e. The molecule has 0 N–H and O–H groups in total. The summed E-state index contributed by atoms with van der Waals surface area (Å²) in [5.74, 6) is -0.879. The molecule has 1 aromatic heterocycles. The number of amides is 2. The lowest BCUT2D eigenvalue weighted by Gasteiger charge is -2.28. The number of aryl methyl sites for hydroxylation is 1. The number of aromatic nitrogens is 1. The first kappa shape index (κ1) is 26.2. The fourth-order valence-corrected chi connectivity index (χ4v) is 4.18. The van der Waals surface area contributed by atoms with E-state index in [1.54, 1.807) is 6.07 Å². The van der Waals surface area contributed by atoms with E-state index in [1.165, 1.54) is 34.2 Å². The predicted molar refractivity (Wildman–Crippen MR) is 138 cm³/mol. The van der Waals surface area contributed by atoms with E-state index in [1.807, 2.05) is 30.2 Å². The normalized spacial score (nSPS) is 10.9. The summed E-state index contributed by atoms with van der Waals surface area (Å²) in [4.78, 5) is 29.8. The lowest BCUT2D eigenvalue weighted by molar-refractivity contribution is -0.132. The summed E-state index contributed by atoms with van der Waals surface area (Å²) in [7, 11) is 0. The number of nitrogens with zero attached hydrogens (tertiary/aromatic N) is 3. The molecule has 0 saturated carbocycles. The molecule has 0 bridgehead atoms. The molecule has 2 aromatic carbocycles. The molecule has 0 spiro atoms. The number of hydrogen-bond donors (Lipinski definition) is 0. The van der Waals surface area contributed by atoms with Crippen molar-refractivity contribution in [2.75, 3.05) is 19.6 Å². The van der Waals surface area contributed by atoms with Crippen molar-refractivity contribution >= 4 is 11.8 Å². The molecule has 5 nitrogen and oxygen atoms in total. The Hall–Kier alpha value is -3.41. The molecule has 3 aromatic rings. The van der Waals surface area contributed by atoms with Crippen LogP contribution in [0.1, 0.15) is 60.3 Å². The van der Waals surface area contributed by atoms with Gasteiger partial charge in [-0.3, -0.25) is 9.59 Å². The lowest BCUT2D eigenvalue weighted by atomic mass is 10.1. The molecule has 0 aliphatic rings.